The molecule has 3 heterocycles. The lowest BCUT2D eigenvalue weighted by Gasteiger charge is -2.32. The maximum Gasteiger partial charge on any atom is 0.337 e. The van der Waals surface area contributed by atoms with Gasteiger partial charge in [0, 0.05) is 43.1 Å². The van der Waals surface area contributed by atoms with Gasteiger partial charge in [-0.05, 0) is 68.1 Å². The predicted octanol–water partition coefficient (Wildman–Crippen LogP) is 5.65. The number of methoxy groups -OCH3 is 1. The van der Waals surface area contributed by atoms with Gasteiger partial charge >= 0.3 is 5.97 Å². The van der Waals surface area contributed by atoms with Crippen LogP contribution in [0.4, 0.5) is 4.39 Å². The molecule has 1 saturated carbocycles. The van der Waals surface area contributed by atoms with Crippen molar-refractivity contribution in [3.63, 3.8) is 0 Å². The lowest BCUT2D eigenvalue weighted by molar-refractivity contribution is 0.0601. The number of carbonyl (C=O) groups is 1. The average Bonchev–Trinajstić information content (AvgIpc) is 3.74. The number of benzene rings is 2. The van der Waals surface area contributed by atoms with E-state index in [0.717, 1.165) is 55.6 Å². The fourth-order valence-corrected chi connectivity index (χ4v) is 5.80. The molecule has 2 aromatic heterocycles. The Morgan fingerprint density at radius 3 is 2.67 bits per heavy atom. The smallest absolute Gasteiger partial charge is 0.337 e. The highest BCUT2D eigenvalue weighted by Crippen LogP contribution is 2.50. The molecule has 9 nitrogen and oxygen atoms in total. The van der Waals surface area contributed by atoms with Crippen LogP contribution in [0, 0.1) is 34.9 Å². The molecule has 1 saturated heterocycles. The number of hydrogen-bond acceptors (Lipinski definition) is 8. The highest BCUT2D eigenvalue weighted by Gasteiger charge is 2.43. The minimum atomic E-state index is -0.514. The van der Waals surface area contributed by atoms with Gasteiger partial charge in [0.25, 0.3) is 0 Å². The fraction of sp³-hybridized carbons (Fsp3) is 0.371. The summed E-state index contributed by atoms with van der Waals surface area (Å²) in [6, 6.07) is 17.7. The Morgan fingerprint density at radius 1 is 1.13 bits per heavy atom. The van der Waals surface area contributed by atoms with Gasteiger partial charge in [0.1, 0.15) is 18.5 Å². The number of terminal acetylenes is 1. The number of nitriles is 1. The van der Waals surface area contributed by atoms with Crippen LogP contribution in [-0.2, 0) is 24.4 Å². The van der Waals surface area contributed by atoms with E-state index in [9.17, 15) is 14.4 Å². The first-order chi connectivity index (χ1) is 21.9. The zero-order valence-electron chi connectivity index (χ0n) is 25.2. The predicted molar refractivity (Wildman–Crippen MR) is 165 cm³/mol. The number of hydrogen-bond donors (Lipinski definition) is 0. The maximum atomic E-state index is 14.2. The molecule has 0 amide bonds. The molecule has 1 aliphatic heterocycles. The number of esters is 1. The average molecular weight is 608 g/mol. The van der Waals surface area contributed by atoms with Crippen molar-refractivity contribution in [3.05, 3.63) is 83.1 Å². The zero-order valence-corrected chi connectivity index (χ0v) is 25.2. The Morgan fingerprint density at radius 2 is 1.96 bits per heavy atom. The van der Waals surface area contributed by atoms with Gasteiger partial charge in [0.15, 0.2) is 11.6 Å². The Kier molecular flexibility index (Phi) is 8.68. The number of carbonyl (C=O) groups excluding carboxylic acids is 1. The number of pyridine rings is 1. The normalized spacial score (nSPS) is 16.1. The number of nitrogens with zero attached hydrogens (tertiary/aromatic N) is 5. The van der Waals surface area contributed by atoms with Gasteiger partial charge in [0.2, 0.25) is 5.88 Å². The lowest BCUT2D eigenvalue weighted by atomic mass is 10.0. The van der Waals surface area contributed by atoms with Gasteiger partial charge in [-0.3, -0.25) is 4.90 Å². The van der Waals surface area contributed by atoms with Gasteiger partial charge in [-0.2, -0.15) is 5.26 Å². The van der Waals surface area contributed by atoms with Crippen LogP contribution in [0.25, 0.3) is 11.0 Å². The molecule has 2 aliphatic rings. The van der Waals surface area contributed by atoms with E-state index in [1.54, 1.807) is 12.1 Å². The standard InChI is InChI=1S/C35H34FN5O4/c1-3-24-7-10-31(28(36)19-24)44-22-26-5-4-6-33(38-26)45-27-11-17-40(18-12-27)21-32-39-29-9-8-25(34(42)43-2)20-30(29)41(32)23-35(13-14-35)15-16-37/h1,4-10,19-20,27H,11-15,17-18,21-23H2,2H3. The molecule has 10 heteroatoms. The minimum Gasteiger partial charge on any atom is -0.484 e. The summed E-state index contributed by atoms with van der Waals surface area (Å²) in [7, 11) is 1.38. The molecule has 0 N–H and O–H groups in total. The van der Waals surface area contributed by atoms with Gasteiger partial charge in [-0.15, -0.1) is 6.42 Å². The van der Waals surface area contributed by atoms with Gasteiger partial charge < -0.3 is 18.8 Å². The van der Waals surface area contributed by atoms with Gasteiger partial charge in [-0.25, -0.2) is 19.2 Å². The molecule has 0 spiro atoms. The summed E-state index contributed by atoms with van der Waals surface area (Å²) in [6.07, 6.45) is 9.50. The van der Waals surface area contributed by atoms with Gasteiger partial charge in [0.05, 0.1) is 42.0 Å². The van der Waals surface area contributed by atoms with Crippen molar-refractivity contribution in [3.8, 4) is 30.0 Å². The molecule has 230 valence electrons. The monoisotopic (exact) mass is 607 g/mol. The van der Waals surface area contributed by atoms with E-state index < -0.39 is 5.82 Å². The lowest BCUT2D eigenvalue weighted by Crippen LogP contribution is -2.38. The minimum absolute atomic E-state index is 0.00506. The van der Waals surface area contributed by atoms with Crippen LogP contribution in [0.1, 0.15) is 59.5 Å². The maximum absolute atomic E-state index is 14.2. The number of fused-ring (bicyclic) bond motifs is 1. The summed E-state index contributed by atoms with van der Waals surface area (Å²) in [4.78, 5) is 24.1. The van der Waals surface area contributed by atoms with E-state index in [0.29, 0.717) is 42.2 Å². The highest BCUT2D eigenvalue weighted by molar-refractivity contribution is 5.93. The van der Waals surface area contributed by atoms with Crippen molar-refractivity contribution >= 4 is 17.0 Å². The Bertz CT molecular complexity index is 1790. The van der Waals surface area contributed by atoms with Crippen LogP contribution >= 0.6 is 0 Å². The number of aromatic nitrogens is 3. The molecule has 0 unspecified atom stereocenters. The Hall–Kier alpha value is -4.93. The summed E-state index contributed by atoms with van der Waals surface area (Å²) in [5.74, 6) is 3.05. The number of imidazole rings is 1. The molecule has 1 aliphatic carbocycles. The number of piperidine rings is 1. The van der Waals surface area contributed by atoms with Crippen LogP contribution < -0.4 is 9.47 Å². The summed E-state index contributed by atoms with van der Waals surface area (Å²) in [6.45, 7) is 3.09. The van der Waals surface area contributed by atoms with Crippen LogP contribution in [0.5, 0.6) is 11.6 Å². The molecule has 4 aromatic rings. The van der Waals surface area contributed by atoms with E-state index in [1.807, 2.05) is 30.3 Å². The quantitative estimate of drug-likeness (QED) is 0.159. The summed E-state index contributed by atoms with van der Waals surface area (Å²) >= 11 is 0. The van der Waals surface area contributed by atoms with E-state index in [-0.39, 0.29) is 29.8 Å². The first kappa shape index (κ1) is 30.1. The second-order valence-electron chi connectivity index (χ2n) is 11.8. The third-order valence-corrected chi connectivity index (χ3v) is 8.60. The first-order valence-corrected chi connectivity index (χ1v) is 15.1. The Balaban J connectivity index is 1.08. The molecule has 0 radical (unpaired) electrons. The fourth-order valence-electron chi connectivity index (χ4n) is 5.80. The topological polar surface area (TPSA) is 102 Å². The van der Waals surface area contributed by atoms with E-state index in [1.165, 1.54) is 19.2 Å². The van der Waals surface area contributed by atoms with Crippen LogP contribution in [0.3, 0.4) is 0 Å². The van der Waals surface area contributed by atoms with Gasteiger partial charge in [-0.1, -0.05) is 12.0 Å². The van der Waals surface area contributed by atoms with Crippen molar-refractivity contribution in [2.45, 2.75) is 57.9 Å². The second kappa shape index (κ2) is 13.0. The van der Waals surface area contributed by atoms with Crippen molar-refractivity contribution in [1.29, 1.82) is 5.26 Å². The second-order valence-corrected chi connectivity index (χ2v) is 11.8. The molecule has 6 rings (SSSR count). The molecule has 0 atom stereocenters. The van der Waals surface area contributed by atoms with Crippen molar-refractivity contribution in [1.82, 2.24) is 19.4 Å². The third-order valence-electron chi connectivity index (χ3n) is 8.60. The van der Waals surface area contributed by atoms with E-state index >= 15 is 0 Å². The summed E-state index contributed by atoms with van der Waals surface area (Å²) < 4.78 is 33.2. The van der Waals surface area contributed by atoms with Crippen LogP contribution in [-0.4, -0.2) is 51.7 Å². The van der Waals surface area contributed by atoms with Crippen molar-refractivity contribution in [2.75, 3.05) is 20.2 Å². The van der Waals surface area contributed by atoms with Crippen molar-refractivity contribution in [2.24, 2.45) is 5.41 Å². The first-order valence-electron chi connectivity index (χ1n) is 15.1. The molecule has 45 heavy (non-hydrogen) atoms. The highest BCUT2D eigenvalue weighted by atomic mass is 19.1. The Labute approximate surface area is 261 Å². The molecule has 2 fully saturated rings. The van der Waals surface area contributed by atoms with Crippen LogP contribution in [0.15, 0.2) is 54.6 Å². The number of likely N-dealkylation sites (tertiary alicyclic amines) is 1. The largest absolute Gasteiger partial charge is 0.484 e. The third kappa shape index (κ3) is 6.92. The molecular weight excluding hydrogens is 573 g/mol. The number of halogens is 1. The summed E-state index contributed by atoms with van der Waals surface area (Å²) in [5, 5.41) is 9.42. The molecule has 0 bridgehead atoms. The van der Waals surface area contributed by atoms with Crippen LogP contribution in [0.2, 0.25) is 0 Å². The van der Waals surface area contributed by atoms with Crippen molar-refractivity contribution < 1.29 is 23.4 Å². The number of rotatable bonds is 11. The molecule has 2 aromatic carbocycles. The summed E-state index contributed by atoms with van der Waals surface area (Å²) in [5.41, 5.74) is 3.24. The zero-order chi connectivity index (χ0) is 31.4. The van der Waals surface area contributed by atoms with E-state index in [2.05, 4.69) is 26.4 Å². The SMILES string of the molecule is C#Cc1ccc(OCc2cccc(OC3CCN(Cc4nc5ccc(C(=O)OC)cc5n4CC4(CC#N)CC4)CC3)n2)c(F)c1. The number of ether oxygens (including phenoxy) is 3. The molecular formula is C35H34FN5O4. The van der Waals surface area contributed by atoms with E-state index in [4.69, 9.17) is 25.6 Å².